The third-order valence-electron chi connectivity index (χ3n) is 3.14. The Balaban J connectivity index is 0. The molecule has 1 rings (SSSR count). The normalized spacial score (nSPS) is 25.5. The van der Waals surface area contributed by atoms with Crippen LogP contribution in [0.4, 0.5) is 0 Å². The average Bonchev–Trinajstić information content (AvgIpc) is 2.18. The number of rotatable bonds is 3. The summed E-state index contributed by atoms with van der Waals surface area (Å²) in [5.74, 6) is -0.0283. The van der Waals surface area contributed by atoms with Gasteiger partial charge in [0.05, 0.1) is 6.04 Å². The van der Waals surface area contributed by atoms with E-state index in [-0.39, 0.29) is 30.7 Å². The SMILES string of the molecule is C[C@@H](N)C(=O)NC1CCCC(N(C)C)C1.Cl.Cl. The third kappa shape index (κ3) is 6.46. The zero-order valence-electron chi connectivity index (χ0n) is 10.8. The predicted molar refractivity (Wildman–Crippen MR) is 76.0 cm³/mol. The lowest BCUT2D eigenvalue weighted by Gasteiger charge is -2.34. The Morgan fingerprint density at radius 3 is 2.41 bits per heavy atom. The minimum atomic E-state index is -0.398. The van der Waals surface area contributed by atoms with Crippen molar-refractivity contribution in [3.63, 3.8) is 0 Å². The molecule has 0 spiro atoms. The summed E-state index contributed by atoms with van der Waals surface area (Å²) in [6.45, 7) is 1.72. The van der Waals surface area contributed by atoms with E-state index in [0.717, 1.165) is 12.8 Å². The van der Waals surface area contributed by atoms with Crippen molar-refractivity contribution in [1.29, 1.82) is 0 Å². The van der Waals surface area contributed by atoms with Crippen molar-refractivity contribution in [2.75, 3.05) is 14.1 Å². The van der Waals surface area contributed by atoms with Gasteiger partial charge < -0.3 is 16.0 Å². The van der Waals surface area contributed by atoms with E-state index in [2.05, 4.69) is 24.3 Å². The first kappa shape index (κ1) is 19.3. The van der Waals surface area contributed by atoms with Gasteiger partial charge in [-0.25, -0.2) is 0 Å². The van der Waals surface area contributed by atoms with Gasteiger partial charge in [-0.05, 0) is 46.7 Å². The molecule has 17 heavy (non-hydrogen) atoms. The number of nitrogens with two attached hydrogens (primary N) is 1. The van der Waals surface area contributed by atoms with Crippen LogP contribution in [0, 0.1) is 0 Å². The van der Waals surface area contributed by atoms with Crippen molar-refractivity contribution in [1.82, 2.24) is 10.2 Å². The maximum Gasteiger partial charge on any atom is 0.236 e. The van der Waals surface area contributed by atoms with Crippen molar-refractivity contribution in [2.24, 2.45) is 5.73 Å². The molecule has 0 aromatic rings. The van der Waals surface area contributed by atoms with E-state index in [1.165, 1.54) is 12.8 Å². The van der Waals surface area contributed by atoms with Crippen LogP contribution in [0.15, 0.2) is 0 Å². The van der Waals surface area contributed by atoms with Gasteiger partial charge in [0.15, 0.2) is 0 Å². The van der Waals surface area contributed by atoms with Crippen LogP contribution in [-0.2, 0) is 4.79 Å². The summed E-state index contributed by atoms with van der Waals surface area (Å²) in [4.78, 5) is 13.7. The summed E-state index contributed by atoms with van der Waals surface area (Å²) in [5, 5.41) is 3.01. The topological polar surface area (TPSA) is 58.4 Å². The molecule has 1 saturated carbocycles. The van der Waals surface area contributed by atoms with Gasteiger partial charge in [0.25, 0.3) is 0 Å². The summed E-state index contributed by atoms with van der Waals surface area (Å²) in [5.41, 5.74) is 5.53. The van der Waals surface area contributed by atoms with Crippen molar-refractivity contribution in [2.45, 2.75) is 50.7 Å². The van der Waals surface area contributed by atoms with Crippen LogP contribution in [-0.4, -0.2) is 43.0 Å². The molecule has 104 valence electrons. The molecule has 1 aliphatic rings. The second-order valence-electron chi connectivity index (χ2n) is 4.78. The van der Waals surface area contributed by atoms with E-state index in [9.17, 15) is 4.79 Å². The highest BCUT2D eigenvalue weighted by Crippen LogP contribution is 2.21. The van der Waals surface area contributed by atoms with Crippen LogP contribution < -0.4 is 11.1 Å². The van der Waals surface area contributed by atoms with Crippen molar-refractivity contribution >= 4 is 30.7 Å². The average molecular weight is 286 g/mol. The molecular weight excluding hydrogens is 261 g/mol. The molecule has 2 unspecified atom stereocenters. The molecule has 3 atom stereocenters. The smallest absolute Gasteiger partial charge is 0.236 e. The molecule has 0 bridgehead atoms. The second kappa shape index (κ2) is 8.97. The van der Waals surface area contributed by atoms with Gasteiger partial charge in [0.2, 0.25) is 5.91 Å². The summed E-state index contributed by atoms with van der Waals surface area (Å²) >= 11 is 0. The van der Waals surface area contributed by atoms with E-state index < -0.39 is 6.04 Å². The first-order chi connectivity index (χ1) is 7.00. The zero-order chi connectivity index (χ0) is 11.4. The molecule has 6 heteroatoms. The number of hydrogen-bond donors (Lipinski definition) is 2. The number of nitrogens with zero attached hydrogens (tertiary/aromatic N) is 1. The Bertz CT molecular complexity index is 225. The molecule has 0 aliphatic heterocycles. The van der Waals surface area contributed by atoms with E-state index in [4.69, 9.17) is 5.73 Å². The summed E-state index contributed by atoms with van der Waals surface area (Å²) < 4.78 is 0. The fourth-order valence-corrected chi connectivity index (χ4v) is 2.10. The number of hydrogen-bond acceptors (Lipinski definition) is 3. The summed E-state index contributed by atoms with van der Waals surface area (Å²) in [6.07, 6.45) is 4.55. The summed E-state index contributed by atoms with van der Waals surface area (Å²) in [7, 11) is 4.20. The quantitative estimate of drug-likeness (QED) is 0.818. The van der Waals surface area contributed by atoms with Gasteiger partial charge in [-0.15, -0.1) is 24.8 Å². The van der Waals surface area contributed by atoms with E-state index in [0.29, 0.717) is 12.1 Å². The van der Waals surface area contributed by atoms with Gasteiger partial charge in [-0.3, -0.25) is 4.79 Å². The van der Waals surface area contributed by atoms with Gasteiger partial charge in [0, 0.05) is 12.1 Å². The van der Waals surface area contributed by atoms with Crippen LogP contribution in [0.3, 0.4) is 0 Å². The largest absolute Gasteiger partial charge is 0.352 e. The maximum absolute atomic E-state index is 11.4. The zero-order valence-corrected chi connectivity index (χ0v) is 12.4. The molecule has 0 saturated heterocycles. The predicted octanol–water partition coefficient (Wildman–Crippen LogP) is 1.17. The minimum absolute atomic E-state index is 0. The van der Waals surface area contributed by atoms with Gasteiger partial charge in [-0.1, -0.05) is 0 Å². The third-order valence-corrected chi connectivity index (χ3v) is 3.14. The first-order valence-corrected chi connectivity index (χ1v) is 5.73. The second-order valence-corrected chi connectivity index (χ2v) is 4.78. The number of carbonyl (C=O) groups excluding carboxylic acids is 1. The van der Waals surface area contributed by atoms with Crippen LogP contribution in [0.1, 0.15) is 32.6 Å². The maximum atomic E-state index is 11.4. The highest BCUT2D eigenvalue weighted by molar-refractivity contribution is 5.85. The van der Waals surface area contributed by atoms with Crippen LogP contribution in [0.5, 0.6) is 0 Å². The van der Waals surface area contributed by atoms with E-state index >= 15 is 0 Å². The minimum Gasteiger partial charge on any atom is -0.352 e. The molecule has 4 nitrogen and oxygen atoms in total. The highest BCUT2D eigenvalue weighted by atomic mass is 35.5. The number of carbonyl (C=O) groups is 1. The van der Waals surface area contributed by atoms with E-state index in [1.807, 2.05) is 0 Å². The lowest BCUT2D eigenvalue weighted by atomic mass is 9.90. The molecular formula is C11H25Cl2N3O. The Kier molecular flexibility index (Phi) is 10.2. The fourth-order valence-electron chi connectivity index (χ4n) is 2.10. The molecule has 0 aromatic heterocycles. The van der Waals surface area contributed by atoms with E-state index in [1.54, 1.807) is 6.92 Å². The van der Waals surface area contributed by atoms with Crippen molar-refractivity contribution in [3.8, 4) is 0 Å². The van der Waals surface area contributed by atoms with Gasteiger partial charge in [0.1, 0.15) is 0 Å². The monoisotopic (exact) mass is 285 g/mol. The standard InChI is InChI=1S/C11H23N3O.2ClH/c1-8(12)11(15)13-9-5-4-6-10(7-9)14(2)3;;/h8-10H,4-7,12H2,1-3H3,(H,13,15);2*1H/t8-,9?,10?;;/m1../s1. The highest BCUT2D eigenvalue weighted by Gasteiger charge is 2.24. The van der Waals surface area contributed by atoms with Crippen LogP contribution in [0.25, 0.3) is 0 Å². The lowest BCUT2D eigenvalue weighted by Crippen LogP contribution is -2.48. The molecule has 0 radical (unpaired) electrons. The van der Waals surface area contributed by atoms with Crippen molar-refractivity contribution in [3.05, 3.63) is 0 Å². The molecule has 1 aliphatic carbocycles. The summed E-state index contributed by atoms with van der Waals surface area (Å²) in [6, 6.07) is 0.506. The molecule has 1 fully saturated rings. The molecule has 3 N–H and O–H groups in total. The van der Waals surface area contributed by atoms with Crippen molar-refractivity contribution < 1.29 is 4.79 Å². The molecule has 0 aromatic carbocycles. The van der Waals surface area contributed by atoms with Gasteiger partial charge >= 0.3 is 0 Å². The fraction of sp³-hybridized carbons (Fsp3) is 0.909. The lowest BCUT2D eigenvalue weighted by molar-refractivity contribution is -0.123. The first-order valence-electron chi connectivity index (χ1n) is 5.73. The van der Waals surface area contributed by atoms with Gasteiger partial charge in [-0.2, -0.15) is 0 Å². The Hall–Kier alpha value is -0.0300. The number of nitrogens with one attached hydrogen (secondary N) is 1. The Morgan fingerprint density at radius 1 is 1.35 bits per heavy atom. The number of halogens is 2. The van der Waals surface area contributed by atoms with Crippen LogP contribution in [0.2, 0.25) is 0 Å². The van der Waals surface area contributed by atoms with Crippen LogP contribution >= 0.6 is 24.8 Å². The Morgan fingerprint density at radius 2 is 1.94 bits per heavy atom. The number of amides is 1. The molecule has 1 amide bonds. The molecule has 0 heterocycles. The Labute approximate surface area is 117 Å².